The standard InChI is InChI=1S/C14H19FO2/c1-9(2)8-10(3)17-13-7-5-6-12(15)14(13)11(4)16/h5-7,9-10H,8H2,1-4H3. The van der Waals surface area contributed by atoms with Crippen LogP contribution in [-0.2, 0) is 0 Å². The summed E-state index contributed by atoms with van der Waals surface area (Å²) in [4.78, 5) is 11.4. The van der Waals surface area contributed by atoms with Gasteiger partial charge in [-0.1, -0.05) is 19.9 Å². The van der Waals surface area contributed by atoms with Crippen molar-refractivity contribution in [2.24, 2.45) is 5.92 Å². The first kappa shape index (κ1) is 13.7. The van der Waals surface area contributed by atoms with Gasteiger partial charge < -0.3 is 4.74 Å². The summed E-state index contributed by atoms with van der Waals surface area (Å²) in [5.41, 5.74) is 0.0445. The van der Waals surface area contributed by atoms with Gasteiger partial charge in [-0.05, 0) is 38.3 Å². The van der Waals surface area contributed by atoms with Crippen molar-refractivity contribution in [3.63, 3.8) is 0 Å². The highest BCUT2D eigenvalue weighted by molar-refractivity contribution is 5.97. The van der Waals surface area contributed by atoms with Crippen LogP contribution >= 0.6 is 0 Å². The number of carbonyl (C=O) groups is 1. The van der Waals surface area contributed by atoms with Crippen LogP contribution in [0.25, 0.3) is 0 Å². The molecular formula is C14H19FO2. The lowest BCUT2D eigenvalue weighted by atomic mass is 10.1. The Kier molecular flexibility index (Phi) is 4.67. The maximum absolute atomic E-state index is 13.5. The van der Waals surface area contributed by atoms with E-state index in [1.165, 1.54) is 13.0 Å². The summed E-state index contributed by atoms with van der Waals surface area (Å²) in [6.45, 7) is 7.46. The van der Waals surface area contributed by atoms with Gasteiger partial charge in [0.2, 0.25) is 0 Å². The smallest absolute Gasteiger partial charge is 0.166 e. The second-order valence-electron chi connectivity index (χ2n) is 4.73. The minimum absolute atomic E-state index is 0.0325. The molecule has 0 aliphatic rings. The Morgan fingerprint density at radius 1 is 1.35 bits per heavy atom. The zero-order valence-electron chi connectivity index (χ0n) is 10.8. The molecule has 1 atom stereocenters. The fourth-order valence-corrected chi connectivity index (χ4v) is 1.87. The number of rotatable bonds is 5. The molecule has 0 bridgehead atoms. The minimum Gasteiger partial charge on any atom is -0.490 e. The highest BCUT2D eigenvalue weighted by Crippen LogP contribution is 2.24. The van der Waals surface area contributed by atoms with Crippen LogP contribution in [0.2, 0.25) is 0 Å². The van der Waals surface area contributed by atoms with Crippen LogP contribution in [0.1, 0.15) is 44.5 Å². The van der Waals surface area contributed by atoms with Crippen molar-refractivity contribution in [3.8, 4) is 5.75 Å². The van der Waals surface area contributed by atoms with Gasteiger partial charge in [-0.15, -0.1) is 0 Å². The van der Waals surface area contributed by atoms with Crippen LogP contribution in [0, 0.1) is 11.7 Å². The molecule has 17 heavy (non-hydrogen) atoms. The normalized spacial score (nSPS) is 12.6. The number of hydrogen-bond acceptors (Lipinski definition) is 2. The number of benzene rings is 1. The fraction of sp³-hybridized carbons (Fsp3) is 0.500. The minimum atomic E-state index is -0.522. The molecule has 0 aliphatic heterocycles. The van der Waals surface area contributed by atoms with Crippen LogP contribution in [0.15, 0.2) is 18.2 Å². The summed E-state index contributed by atoms with van der Waals surface area (Å²) in [5, 5.41) is 0. The number of carbonyl (C=O) groups excluding carboxylic acids is 1. The zero-order chi connectivity index (χ0) is 13.0. The van der Waals surface area contributed by atoms with Crippen molar-refractivity contribution >= 4 is 5.78 Å². The summed E-state index contributed by atoms with van der Waals surface area (Å²) in [6, 6.07) is 4.46. The van der Waals surface area contributed by atoms with Crippen molar-refractivity contribution in [2.75, 3.05) is 0 Å². The zero-order valence-corrected chi connectivity index (χ0v) is 10.8. The average molecular weight is 238 g/mol. The Morgan fingerprint density at radius 3 is 2.53 bits per heavy atom. The van der Waals surface area contributed by atoms with Gasteiger partial charge in [0.05, 0.1) is 11.7 Å². The summed E-state index contributed by atoms with van der Waals surface area (Å²) < 4.78 is 19.2. The quantitative estimate of drug-likeness (QED) is 0.728. The average Bonchev–Trinajstić information content (AvgIpc) is 2.15. The van der Waals surface area contributed by atoms with E-state index in [1.807, 2.05) is 6.92 Å². The molecule has 3 heteroatoms. The molecule has 0 radical (unpaired) electrons. The maximum Gasteiger partial charge on any atom is 0.166 e. The predicted molar refractivity (Wildman–Crippen MR) is 65.9 cm³/mol. The van der Waals surface area contributed by atoms with E-state index in [-0.39, 0.29) is 17.5 Å². The highest BCUT2D eigenvalue weighted by Gasteiger charge is 2.16. The van der Waals surface area contributed by atoms with E-state index in [0.29, 0.717) is 11.7 Å². The molecule has 0 amide bonds. The summed E-state index contributed by atoms with van der Waals surface area (Å²) in [5.74, 6) is 0.00609. The van der Waals surface area contributed by atoms with Crippen molar-refractivity contribution in [2.45, 2.75) is 40.2 Å². The van der Waals surface area contributed by atoms with Gasteiger partial charge in [-0.25, -0.2) is 4.39 Å². The van der Waals surface area contributed by atoms with Crippen LogP contribution in [0.3, 0.4) is 0 Å². The second kappa shape index (κ2) is 5.80. The molecular weight excluding hydrogens is 219 g/mol. The second-order valence-corrected chi connectivity index (χ2v) is 4.73. The van der Waals surface area contributed by atoms with Crippen molar-refractivity contribution in [1.29, 1.82) is 0 Å². The van der Waals surface area contributed by atoms with Crippen LogP contribution in [-0.4, -0.2) is 11.9 Å². The van der Waals surface area contributed by atoms with Crippen LogP contribution in [0.4, 0.5) is 4.39 Å². The molecule has 0 N–H and O–H groups in total. The molecule has 2 nitrogen and oxygen atoms in total. The third-order valence-electron chi connectivity index (χ3n) is 2.46. The van der Waals surface area contributed by atoms with E-state index in [4.69, 9.17) is 4.74 Å². The van der Waals surface area contributed by atoms with Crippen molar-refractivity contribution < 1.29 is 13.9 Å². The van der Waals surface area contributed by atoms with Crippen LogP contribution in [0.5, 0.6) is 5.75 Å². The lowest BCUT2D eigenvalue weighted by molar-refractivity contribution is 0.100. The molecule has 1 unspecified atom stereocenters. The van der Waals surface area contributed by atoms with E-state index < -0.39 is 5.82 Å². The summed E-state index contributed by atoms with van der Waals surface area (Å²) >= 11 is 0. The molecule has 1 aromatic rings. The number of hydrogen-bond donors (Lipinski definition) is 0. The van der Waals surface area contributed by atoms with E-state index in [9.17, 15) is 9.18 Å². The molecule has 0 heterocycles. The van der Waals surface area contributed by atoms with E-state index in [2.05, 4.69) is 13.8 Å². The molecule has 0 saturated carbocycles. The number of ether oxygens (including phenoxy) is 1. The molecule has 1 rings (SSSR count). The Hall–Kier alpha value is -1.38. The lowest BCUT2D eigenvalue weighted by Crippen LogP contribution is -2.16. The van der Waals surface area contributed by atoms with Crippen LogP contribution < -0.4 is 4.74 Å². The van der Waals surface area contributed by atoms with E-state index >= 15 is 0 Å². The third-order valence-corrected chi connectivity index (χ3v) is 2.46. The van der Waals surface area contributed by atoms with E-state index in [0.717, 1.165) is 6.42 Å². The largest absolute Gasteiger partial charge is 0.490 e. The van der Waals surface area contributed by atoms with Gasteiger partial charge in [0.1, 0.15) is 11.6 Å². The predicted octanol–water partition coefficient (Wildman–Crippen LogP) is 3.84. The van der Waals surface area contributed by atoms with E-state index in [1.54, 1.807) is 12.1 Å². The van der Waals surface area contributed by atoms with Crippen molar-refractivity contribution in [3.05, 3.63) is 29.6 Å². The third kappa shape index (κ3) is 3.84. The number of Topliss-reactive ketones (excluding diaryl/α,β-unsaturated/α-hetero) is 1. The van der Waals surface area contributed by atoms with Gasteiger partial charge in [-0.3, -0.25) is 4.79 Å². The Balaban J connectivity index is 2.91. The van der Waals surface area contributed by atoms with Gasteiger partial charge in [0.25, 0.3) is 0 Å². The molecule has 0 spiro atoms. The Labute approximate surface area is 102 Å². The fourth-order valence-electron chi connectivity index (χ4n) is 1.87. The van der Waals surface area contributed by atoms with Gasteiger partial charge >= 0.3 is 0 Å². The molecule has 0 aromatic heterocycles. The first-order chi connectivity index (χ1) is 7.91. The SMILES string of the molecule is CC(=O)c1c(F)cccc1OC(C)CC(C)C. The molecule has 1 aromatic carbocycles. The lowest BCUT2D eigenvalue weighted by Gasteiger charge is -2.18. The molecule has 94 valence electrons. The molecule has 0 saturated heterocycles. The molecule has 0 aliphatic carbocycles. The monoisotopic (exact) mass is 238 g/mol. The van der Waals surface area contributed by atoms with Gasteiger partial charge in [-0.2, -0.15) is 0 Å². The maximum atomic E-state index is 13.5. The first-order valence-corrected chi connectivity index (χ1v) is 5.88. The topological polar surface area (TPSA) is 26.3 Å². The van der Waals surface area contributed by atoms with Gasteiger partial charge in [0.15, 0.2) is 5.78 Å². The Bertz CT molecular complexity index is 399. The first-order valence-electron chi connectivity index (χ1n) is 5.88. The highest BCUT2D eigenvalue weighted by atomic mass is 19.1. The molecule has 0 fully saturated rings. The van der Waals surface area contributed by atoms with Crippen molar-refractivity contribution in [1.82, 2.24) is 0 Å². The number of halogens is 1. The number of ketones is 1. The van der Waals surface area contributed by atoms with Gasteiger partial charge in [0, 0.05) is 0 Å². The summed E-state index contributed by atoms with van der Waals surface area (Å²) in [6.07, 6.45) is 0.836. The Morgan fingerprint density at radius 2 is 2.00 bits per heavy atom. The summed E-state index contributed by atoms with van der Waals surface area (Å²) in [7, 11) is 0.